The third kappa shape index (κ3) is 10.8. The molecule has 1 atom stereocenters. The molecule has 0 bridgehead atoms. The van der Waals surface area contributed by atoms with Gasteiger partial charge in [-0.25, -0.2) is 0 Å². The second-order valence-corrected chi connectivity index (χ2v) is 8.21. The number of terminal acetylenes is 1. The van der Waals surface area contributed by atoms with E-state index in [1.54, 1.807) is 0 Å². The highest BCUT2D eigenvalue weighted by molar-refractivity contribution is 7.80. The van der Waals surface area contributed by atoms with Crippen molar-refractivity contribution in [1.82, 2.24) is 9.80 Å². The molecule has 0 aromatic heterocycles. The monoisotopic (exact) mass is 458 g/mol. The van der Waals surface area contributed by atoms with Gasteiger partial charge in [0.05, 0.1) is 11.5 Å². The number of anilines is 1. The average molecular weight is 459 g/mol. The van der Waals surface area contributed by atoms with Gasteiger partial charge in [0.25, 0.3) is 0 Å². The number of rotatable bonds is 3. The van der Waals surface area contributed by atoms with Crippen molar-refractivity contribution < 1.29 is 4.79 Å². The molecule has 2 heterocycles. The molecule has 5 nitrogen and oxygen atoms in total. The molecule has 2 aliphatic heterocycles. The van der Waals surface area contributed by atoms with Crippen LogP contribution in [0.3, 0.4) is 0 Å². The van der Waals surface area contributed by atoms with Gasteiger partial charge in [0.2, 0.25) is 5.91 Å². The van der Waals surface area contributed by atoms with Crippen molar-refractivity contribution in [3.8, 4) is 12.8 Å². The number of hydrogen-bond donors (Lipinski definition) is 2. The molecule has 2 saturated heterocycles. The van der Waals surface area contributed by atoms with Gasteiger partial charge in [0.15, 0.2) is 0 Å². The minimum Gasteiger partial charge on any atom is -0.365 e. The van der Waals surface area contributed by atoms with E-state index in [-0.39, 0.29) is 11.9 Å². The molecule has 32 heavy (non-hydrogen) atoms. The maximum atomic E-state index is 12.1. The van der Waals surface area contributed by atoms with Crippen molar-refractivity contribution in [2.75, 3.05) is 31.5 Å². The zero-order chi connectivity index (χ0) is 24.5. The van der Waals surface area contributed by atoms with Crippen LogP contribution in [0, 0.1) is 19.8 Å². The van der Waals surface area contributed by atoms with Crippen LogP contribution in [0.2, 0.25) is 0 Å². The van der Waals surface area contributed by atoms with Crippen LogP contribution in [0.5, 0.6) is 0 Å². The smallest absolute Gasteiger partial charge is 0.242 e. The Bertz CT molecular complexity index is 726. The molecule has 178 valence electrons. The summed E-state index contributed by atoms with van der Waals surface area (Å²) in [6, 6.07) is 8.11. The first kappa shape index (κ1) is 29.6. The average Bonchev–Trinajstić information content (AvgIpc) is 3.30. The van der Waals surface area contributed by atoms with Gasteiger partial charge in [0.1, 0.15) is 0 Å². The molecule has 3 N–H and O–H groups in total. The van der Waals surface area contributed by atoms with E-state index in [0.29, 0.717) is 6.54 Å². The number of benzene rings is 1. The molecule has 0 radical (unpaired) electrons. The number of aryl methyl sites for hydroxylation is 1. The number of carbonyl (C=O) groups excluding carboxylic acids is 1. The maximum Gasteiger partial charge on any atom is 0.242 e. The Labute approximate surface area is 201 Å². The molecule has 2 fully saturated rings. The predicted octanol–water partition coefficient (Wildman–Crippen LogP) is 4.97. The predicted molar refractivity (Wildman–Crippen MR) is 143 cm³/mol. The Hall–Kier alpha value is -2.36. The Morgan fingerprint density at radius 2 is 1.72 bits per heavy atom. The molecule has 1 aromatic carbocycles. The van der Waals surface area contributed by atoms with Gasteiger partial charge in [-0.05, 0) is 57.6 Å². The third-order valence-electron chi connectivity index (χ3n) is 5.27. The second kappa shape index (κ2) is 17.2. The van der Waals surface area contributed by atoms with Crippen LogP contribution in [0.1, 0.15) is 58.4 Å². The fourth-order valence-electron chi connectivity index (χ4n) is 3.52. The van der Waals surface area contributed by atoms with E-state index in [1.165, 1.54) is 5.56 Å². The Kier molecular flexibility index (Phi) is 16.0. The van der Waals surface area contributed by atoms with Crippen molar-refractivity contribution in [2.24, 2.45) is 5.73 Å². The quantitative estimate of drug-likeness (QED) is 0.495. The molecule has 3 rings (SSSR count). The SMILES string of the molecule is C#C.C=C1C(N)CCCCN1CC(=O)N1CCCC1.CC.CC(=S)Nc1ccccc1C. The van der Waals surface area contributed by atoms with Crippen molar-refractivity contribution >= 4 is 28.8 Å². The number of nitrogens with two attached hydrogens (primary N) is 1. The molecule has 6 heteroatoms. The zero-order valence-corrected chi connectivity index (χ0v) is 21.2. The number of para-hydroxylation sites is 1. The van der Waals surface area contributed by atoms with Gasteiger partial charge in [-0.1, -0.05) is 50.8 Å². The zero-order valence-electron chi connectivity index (χ0n) is 20.4. The minimum atomic E-state index is 0.0314. The summed E-state index contributed by atoms with van der Waals surface area (Å²) in [6.07, 6.45) is 13.5. The number of nitrogens with zero attached hydrogens (tertiary/aromatic N) is 2. The highest BCUT2D eigenvalue weighted by atomic mass is 32.1. The summed E-state index contributed by atoms with van der Waals surface area (Å²) in [6.45, 7) is 15.2. The summed E-state index contributed by atoms with van der Waals surface area (Å²) in [5, 5.41) is 3.10. The first-order valence-corrected chi connectivity index (χ1v) is 11.9. The fraction of sp³-hybridized carbons (Fsp3) is 0.538. The molecule has 0 saturated carbocycles. The molecule has 1 amide bonds. The lowest BCUT2D eigenvalue weighted by atomic mass is 10.1. The van der Waals surface area contributed by atoms with E-state index in [4.69, 9.17) is 18.0 Å². The molecule has 1 aromatic rings. The number of hydrogen-bond acceptors (Lipinski definition) is 4. The Balaban J connectivity index is 0.000000555. The van der Waals surface area contributed by atoms with Crippen molar-refractivity contribution in [3.05, 3.63) is 42.1 Å². The van der Waals surface area contributed by atoms with Gasteiger partial charge in [-0.3, -0.25) is 4.79 Å². The van der Waals surface area contributed by atoms with Gasteiger partial charge in [-0.15, -0.1) is 12.8 Å². The van der Waals surface area contributed by atoms with Gasteiger partial charge >= 0.3 is 0 Å². The van der Waals surface area contributed by atoms with Crippen LogP contribution in [0.15, 0.2) is 36.5 Å². The van der Waals surface area contributed by atoms with E-state index < -0.39 is 0 Å². The van der Waals surface area contributed by atoms with E-state index in [1.807, 2.05) is 43.9 Å². The maximum absolute atomic E-state index is 12.1. The van der Waals surface area contributed by atoms with Crippen molar-refractivity contribution in [2.45, 2.75) is 65.8 Å². The lowest BCUT2D eigenvalue weighted by molar-refractivity contribution is -0.130. The largest absolute Gasteiger partial charge is 0.365 e. The van der Waals surface area contributed by atoms with Crippen LogP contribution in [-0.2, 0) is 4.79 Å². The number of amides is 1. The van der Waals surface area contributed by atoms with Gasteiger partial charge < -0.3 is 20.9 Å². The summed E-state index contributed by atoms with van der Waals surface area (Å²) in [5.41, 5.74) is 9.29. The molecule has 2 aliphatic rings. The minimum absolute atomic E-state index is 0.0314. The van der Waals surface area contributed by atoms with Crippen LogP contribution in [0.25, 0.3) is 0 Å². The summed E-state index contributed by atoms with van der Waals surface area (Å²) >= 11 is 4.93. The lowest BCUT2D eigenvalue weighted by Gasteiger charge is -2.28. The summed E-state index contributed by atoms with van der Waals surface area (Å²) in [4.78, 5) is 16.9. The van der Waals surface area contributed by atoms with E-state index in [0.717, 1.165) is 68.1 Å². The second-order valence-electron chi connectivity index (χ2n) is 7.60. The normalized spacial score (nSPS) is 17.3. The number of likely N-dealkylation sites (tertiary alicyclic amines) is 2. The molecule has 0 aliphatic carbocycles. The molecular formula is C26H42N4OS. The summed E-state index contributed by atoms with van der Waals surface area (Å²) in [5.74, 6) is 0.234. The van der Waals surface area contributed by atoms with Gasteiger partial charge in [0, 0.05) is 37.1 Å². The van der Waals surface area contributed by atoms with E-state index >= 15 is 0 Å². The topological polar surface area (TPSA) is 61.6 Å². The fourth-order valence-corrected chi connectivity index (χ4v) is 3.63. The first-order valence-electron chi connectivity index (χ1n) is 11.5. The highest BCUT2D eigenvalue weighted by Crippen LogP contribution is 2.18. The van der Waals surface area contributed by atoms with Crippen LogP contribution >= 0.6 is 12.2 Å². The molecular weight excluding hydrogens is 416 g/mol. The molecule has 0 spiro atoms. The molecule has 1 unspecified atom stereocenters. The lowest BCUT2D eigenvalue weighted by Crippen LogP contribution is -2.41. The summed E-state index contributed by atoms with van der Waals surface area (Å²) < 4.78 is 0. The number of nitrogens with one attached hydrogen (secondary N) is 1. The third-order valence-corrected chi connectivity index (χ3v) is 5.37. The van der Waals surface area contributed by atoms with E-state index in [9.17, 15) is 4.79 Å². The highest BCUT2D eigenvalue weighted by Gasteiger charge is 2.24. The number of thiocarbonyl (C=S) groups is 1. The van der Waals surface area contributed by atoms with Gasteiger partial charge in [-0.2, -0.15) is 0 Å². The first-order chi connectivity index (χ1) is 15.4. The van der Waals surface area contributed by atoms with Crippen LogP contribution < -0.4 is 11.1 Å². The van der Waals surface area contributed by atoms with Crippen LogP contribution in [-0.4, -0.2) is 52.9 Å². The number of carbonyl (C=O) groups is 1. The van der Waals surface area contributed by atoms with E-state index in [2.05, 4.69) is 42.6 Å². The summed E-state index contributed by atoms with van der Waals surface area (Å²) in [7, 11) is 0. The van der Waals surface area contributed by atoms with Crippen molar-refractivity contribution in [3.63, 3.8) is 0 Å². The Morgan fingerprint density at radius 3 is 2.28 bits per heavy atom. The standard InChI is InChI=1S/C13H23N3O.C9H11NS.C2H6.C2H2/c1-11-12(14)6-2-3-9-16(11)10-13(17)15-7-4-5-8-15;1-7-5-3-4-6-9(7)10-8(2)11;2*1-2/h12H,1-10,14H2;3-6H,1-2H3,(H,10,11);1-2H3;1-2H. The Morgan fingerprint density at radius 1 is 1.16 bits per heavy atom. The van der Waals surface area contributed by atoms with Crippen LogP contribution in [0.4, 0.5) is 5.69 Å². The van der Waals surface area contributed by atoms with Crippen molar-refractivity contribution in [1.29, 1.82) is 0 Å².